The summed E-state index contributed by atoms with van der Waals surface area (Å²) in [5.74, 6) is 1.02. The molecular formula is C27H27N3O4. The van der Waals surface area contributed by atoms with Gasteiger partial charge in [0.2, 0.25) is 5.91 Å². The highest BCUT2D eigenvalue weighted by Gasteiger charge is 2.33. The molecule has 3 aromatic rings. The summed E-state index contributed by atoms with van der Waals surface area (Å²) in [6.07, 6.45) is 0. The number of hydrogen-bond donors (Lipinski definition) is 1. The number of carbonyl (C=O) groups is 2. The van der Waals surface area contributed by atoms with Gasteiger partial charge in [-0.1, -0.05) is 48.5 Å². The highest BCUT2D eigenvalue weighted by molar-refractivity contribution is 5.97. The number of piperazine rings is 1. The molecule has 34 heavy (non-hydrogen) atoms. The largest absolute Gasteiger partial charge is 0.496 e. The average Bonchev–Trinajstić information content (AvgIpc) is 2.94. The Morgan fingerprint density at radius 3 is 2.62 bits per heavy atom. The van der Waals surface area contributed by atoms with Gasteiger partial charge in [-0.3, -0.25) is 14.5 Å². The molecule has 2 amide bonds. The molecule has 0 bridgehead atoms. The van der Waals surface area contributed by atoms with Gasteiger partial charge in [-0.15, -0.1) is 0 Å². The van der Waals surface area contributed by atoms with E-state index in [0.29, 0.717) is 49.0 Å². The summed E-state index contributed by atoms with van der Waals surface area (Å²) in [6, 6.07) is 23.0. The van der Waals surface area contributed by atoms with E-state index in [9.17, 15) is 9.59 Å². The molecule has 1 saturated heterocycles. The lowest BCUT2D eigenvalue weighted by atomic mass is 10.0. The van der Waals surface area contributed by atoms with E-state index in [0.717, 1.165) is 11.1 Å². The van der Waals surface area contributed by atoms with E-state index in [1.54, 1.807) is 19.2 Å². The number of ether oxygens (including phenoxy) is 2. The SMILES string of the molecule is COc1ccccc1C(=O)N1CCN2CC(=O)Nc3cc(-c4ccccc4)ccc3OC[C@@H]2C1. The normalized spacial score (nSPS) is 18.3. The average molecular weight is 458 g/mol. The van der Waals surface area contributed by atoms with Crippen LogP contribution in [-0.4, -0.2) is 67.6 Å². The summed E-state index contributed by atoms with van der Waals surface area (Å²) in [5.41, 5.74) is 3.28. The minimum absolute atomic E-state index is 0.0747. The fourth-order valence-electron chi connectivity index (χ4n) is 4.56. The number of fused-ring (bicyclic) bond motifs is 2. The first-order valence-electron chi connectivity index (χ1n) is 11.4. The number of amides is 2. The van der Waals surface area contributed by atoms with E-state index in [1.807, 2.05) is 65.6 Å². The Bertz CT molecular complexity index is 1200. The van der Waals surface area contributed by atoms with E-state index in [4.69, 9.17) is 9.47 Å². The highest BCUT2D eigenvalue weighted by Crippen LogP contribution is 2.32. The lowest BCUT2D eigenvalue weighted by Crippen LogP contribution is -2.57. The number of benzene rings is 3. The Hall–Kier alpha value is -3.84. The van der Waals surface area contributed by atoms with Crippen molar-refractivity contribution in [1.82, 2.24) is 9.80 Å². The van der Waals surface area contributed by atoms with E-state index >= 15 is 0 Å². The number of carbonyl (C=O) groups excluding carboxylic acids is 2. The van der Waals surface area contributed by atoms with Crippen molar-refractivity contribution in [2.75, 3.05) is 45.2 Å². The minimum atomic E-state index is -0.0992. The van der Waals surface area contributed by atoms with E-state index in [-0.39, 0.29) is 24.4 Å². The first-order chi connectivity index (χ1) is 16.6. The van der Waals surface area contributed by atoms with Crippen LogP contribution < -0.4 is 14.8 Å². The van der Waals surface area contributed by atoms with Crippen molar-refractivity contribution >= 4 is 17.5 Å². The van der Waals surface area contributed by atoms with Crippen molar-refractivity contribution in [3.05, 3.63) is 78.4 Å². The fraction of sp³-hybridized carbons (Fsp3) is 0.259. The van der Waals surface area contributed by atoms with Gasteiger partial charge in [-0.05, 0) is 35.4 Å². The molecule has 0 aliphatic carbocycles. The number of nitrogens with one attached hydrogen (secondary N) is 1. The quantitative estimate of drug-likeness (QED) is 0.652. The molecule has 0 spiro atoms. The molecule has 5 rings (SSSR count). The van der Waals surface area contributed by atoms with Crippen molar-refractivity contribution in [3.8, 4) is 22.6 Å². The van der Waals surface area contributed by atoms with E-state index in [1.165, 1.54) is 0 Å². The van der Waals surface area contributed by atoms with Gasteiger partial charge >= 0.3 is 0 Å². The van der Waals surface area contributed by atoms with Crippen LogP contribution in [0.4, 0.5) is 5.69 Å². The van der Waals surface area contributed by atoms with Crippen LogP contribution in [0.2, 0.25) is 0 Å². The zero-order chi connectivity index (χ0) is 23.5. The second-order valence-corrected chi connectivity index (χ2v) is 8.51. The number of rotatable bonds is 3. The van der Waals surface area contributed by atoms with Crippen molar-refractivity contribution in [1.29, 1.82) is 0 Å². The fourth-order valence-corrected chi connectivity index (χ4v) is 4.56. The molecule has 7 heteroatoms. The monoisotopic (exact) mass is 457 g/mol. The molecule has 1 atom stereocenters. The Labute approximate surface area is 198 Å². The molecule has 0 saturated carbocycles. The summed E-state index contributed by atoms with van der Waals surface area (Å²) in [5, 5.41) is 3.02. The number of anilines is 1. The number of methoxy groups -OCH3 is 1. The Morgan fingerprint density at radius 1 is 1.00 bits per heavy atom. The second-order valence-electron chi connectivity index (χ2n) is 8.51. The molecule has 7 nitrogen and oxygen atoms in total. The van der Waals surface area contributed by atoms with Gasteiger partial charge in [-0.2, -0.15) is 0 Å². The second kappa shape index (κ2) is 9.57. The van der Waals surface area contributed by atoms with Crippen molar-refractivity contribution in [2.45, 2.75) is 6.04 Å². The van der Waals surface area contributed by atoms with Crippen LogP contribution >= 0.6 is 0 Å². The third-order valence-corrected chi connectivity index (χ3v) is 6.37. The molecule has 3 aromatic carbocycles. The molecule has 2 aliphatic rings. The Morgan fingerprint density at radius 2 is 1.79 bits per heavy atom. The van der Waals surface area contributed by atoms with E-state index in [2.05, 4.69) is 10.2 Å². The van der Waals surface area contributed by atoms with E-state index < -0.39 is 0 Å². The molecule has 0 aromatic heterocycles. The summed E-state index contributed by atoms with van der Waals surface area (Å²) >= 11 is 0. The maximum absolute atomic E-state index is 13.2. The molecule has 1 N–H and O–H groups in total. The number of nitrogens with zero attached hydrogens (tertiary/aromatic N) is 2. The maximum Gasteiger partial charge on any atom is 0.257 e. The van der Waals surface area contributed by atoms with Gasteiger partial charge in [0.1, 0.15) is 18.1 Å². The zero-order valence-corrected chi connectivity index (χ0v) is 19.1. The predicted octanol–water partition coefficient (Wildman–Crippen LogP) is 3.52. The van der Waals surface area contributed by atoms with Crippen LogP contribution in [0.5, 0.6) is 11.5 Å². The van der Waals surface area contributed by atoms with Crippen molar-refractivity contribution < 1.29 is 19.1 Å². The number of hydrogen-bond acceptors (Lipinski definition) is 5. The topological polar surface area (TPSA) is 71.1 Å². The lowest BCUT2D eigenvalue weighted by molar-refractivity contribution is -0.118. The molecule has 0 unspecified atom stereocenters. The number of para-hydroxylation sites is 1. The lowest BCUT2D eigenvalue weighted by Gasteiger charge is -2.40. The van der Waals surface area contributed by atoms with Gasteiger partial charge in [0.05, 0.1) is 30.9 Å². The molecule has 174 valence electrons. The maximum atomic E-state index is 13.2. The molecular weight excluding hydrogens is 430 g/mol. The van der Waals surface area contributed by atoms with Gasteiger partial charge in [0, 0.05) is 19.6 Å². The van der Waals surface area contributed by atoms with Gasteiger partial charge in [0.15, 0.2) is 0 Å². The first-order valence-corrected chi connectivity index (χ1v) is 11.4. The standard InChI is InChI=1S/C27H27N3O4/c1-33-24-10-6-5-9-22(24)27(32)30-14-13-29-17-26(31)28-23-15-20(19-7-3-2-4-8-19)11-12-25(23)34-18-21(29)16-30/h2-12,15,21H,13-14,16-18H2,1H3,(H,28,31)/t21-/m0/s1. The van der Waals surface area contributed by atoms with Gasteiger partial charge < -0.3 is 19.7 Å². The van der Waals surface area contributed by atoms with Crippen molar-refractivity contribution in [2.24, 2.45) is 0 Å². The van der Waals surface area contributed by atoms with Crippen LogP contribution in [0.25, 0.3) is 11.1 Å². The summed E-state index contributed by atoms with van der Waals surface area (Å²) in [4.78, 5) is 30.0. The Balaban J connectivity index is 1.36. The summed E-state index contributed by atoms with van der Waals surface area (Å²) < 4.78 is 11.6. The van der Waals surface area contributed by atoms with Crippen LogP contribution in [-0.2, 0) is 4.79 Å². The molecule has 2 heterocycles. The molecule has 0 radical (unpaired) electrons. The van der Waals surface area contributed by atoms with Gasteiger partial charge in [-0.25, -0.2) is 0 Å². The van der Waals surface area contributed by atoms with Gasteiger partial charge in [0.25, 0.3) is 5.91 Å². The van der Waals surface area contributed by atoms with Crippen LogP contribution in [0.1, 0.15) is 10.4 Å². The summed E-state index contributed by atoms with van der Waals surface area (Å²) in [7, 11) is 1.56. The third kappa shape index (κ3) is 4.47. The van der Waals surface area contributed by atoms with Crippen LogP contribution in [0.3, 0.4) is 0 Å². The molecule has 1 fully saturated rings. The zero-order valence-electron chi connectivity index (χ0n) is 19.1. The molecule has 2 aliphatic heterocycles. The first kappa shape index (κ1) is 22.0. The Kier molecular flexibility index (Phi) is 6.18. The third-order valence-electron chi connectivity index (χ3n) is 6.37. The van der Waals surface area contributed by atoms with Crippen molar-refractivity contribution in [3.63, 3.8) is 0 Å². The van der Waals surface area contributed by atoms with Crippen LogP contribution in [0, 0.1) is 0 Å². The smallest absolute Gasteiger partial charge is 0.257 e. The van der Waals surface area contributed by atoms with Crippen LogP contribution in [0.15, 0.2) is 72.8 Å². The summed E-state index contributed by atoms with van der Waals surface area (Å²) in [6.45, 7) is 2.23. The highest BCUT2D eigenvalue weighted by atomic mass is 16.5. The predicted molar refractivity (Wildman–Crippen MR) is 130 cm³/mol. The minimum Gasteiger partial charge on any atom is -0.496 e.